The third-order valence-corrected chi connectivity index (χ3v) is 12.1. The third-order valence-electron chi connectivity index (χ3n) is 8.88. The number of nitrogens with one attached hydrogen (secondary N) is 1. The Morgan fingerprint density at radius 1 is 0.941 bits per heavy atom. The van der Waals surface area contributed by atoms with Crippen molar-refractivity contribution >= 4 is 31.6 Å². The van der Waals surface area contributed by atoms with Gasteiger partial charge in [0, 0.05) is 38.3 Å². The Morgan fingerprint density at radius 3 is 2.14 bits per heavy atom. The zero-order valence-electron chi connectivity index (χ0n) is 29.9. The first-order valence-corrected chi connectivity index (χ1v) is 19.7. The Kier molecular flexibility index (Phi) is 13.7. The molecule has 1 aliphatic rings. The highest BCUT2D eigenvalue weighted by atomic mass is 32.2. The van der Waals surface area contributed by atoms with Crippen LogP contribution in [0.1, 0.15) is 50.4 Å². The van der Waals surface area contributed by atoms with E-state index >= 15 is 0 Å². The van der Waals surface area contributed by atoms with Crippen LogP contribution in [0.4, 0.5) is 5.69 Å². The van der Waals surface area contributed by atoms with Crippen LogP contribution in [0.15, 0.2) is 76.5 Å². The number of fused-ring (bicyclic) bond motifs is 1. The van der Waals surface area contributed by atoms with Gasteiger partial charge in [0.2, 0.25) is 10.0 Å². The molecule has 0 spiro atoms. The molecule has 0 saturated heterocycles. The first-order valence-electron chi connectivity index (χ1n) is 16.8. The molecule has 0 bridgehead atoms. The second kappa shape index (κ2) is 17.6. The highest BCUT2D eigenvalue weighted by Gasteiger charge is 2.32. The maximum atomic E-state index is 14.4. The van der Waals surface area contributed by atoms with Crippen molar-refractivity contribution in [3.63, 3.8) is 0 Å². The Bertz CT molecular complexity index is 1820. The molecule has 0 aliphatic carbocycles. The summed E-state index contributed by atoms with van der Waals surface area (Å²) in [5, 5.41) is 10.3. The summed E-state index contributed by atoms with van der Waals surface area (Å²) in [4.78, 5) is 16.0. The lowest BCUT2D eigenvalue weighted by atomic mass is 10.0. The first kappa shape index (κ1) is 39.9. The van der Waals surface area contributed by atoms with Crippen molar-refractivity contribution in [3.05, 3.63) is 72.3 Å². The van der Waals surface area contributed by atoms with Crippen LogP contribution in [0.25, 0.3) is 0 Å². The minimum Gasteiger partial charge on any atom is -0.497 e. The van der Waals surface area contributed by atoms with Crippen molar-refractivity contribution in [1.82, 2.24) is 9.21 Å². The van der Waals surface area contributed by atoms with Gasteiger partial charge in [-0.1, -0.05) is 6.92 Å². The number of carbonyl (C=O) groups is 1. The lowest BCUT2D eigenvalue weighted by molar-refractivity contribution is -0.00833. The number of hydrogen-bond donors (Lipinski definition) is 2. The molecule has 1 heterocycles. The van der Waals surface area contributed by atoms with Gasteiger partial charge in [-0.15, -0.1) is 0 Å². The Morgan fingerprint density at radius 2 is 1.55 bits per heavy atom. The van der Waals surface area contributed by atoms with E-state index in [1.54, 1.807) is 25.1 Å². The summed E-state index contributed by atoms with van der Waals surface area (Å²) in [5.41, 5.74) is 0.254. The number of amides is 1. The molecule has 15 heteroatoms. The lowest BCUT2D eigenvalue weighted by Gasteiger charge is -2.35. The number of anilines is 1. The van der Waals surface area contributed by atoms with E-state index < -0.39 is 38.1 Å². The van der Waals surface area contributed by atoms with E-state index in [0.29, 0.717) is 30.9 Å². The summed E-state index contributed by atoms with van der Waals surface area (Å²) in [5.74, 6) is 0.427. The van der Waals surface area contributed by atoms with Crippen molar-refractivity contribution in [1.29, 1.82) is 0 Å². The molecule has 4 atom stereocenters. The van der Waals surface area contributed by atoms with E-state index in [0.717, 1.165) is 6.42 Å². The SMILES string of the molecule is COc1ccc(S(=O)(=O)Nc2ccc3c(c2)C(=O)N([C@H](C)CO)C[C@H](C)[C@@H](CN(C)S(=O)(=O)c2ccc(OC)cc2)OCCCC[C@@H](C)O3)cc1. The summed E-state index contributed by atoms with van der Waals surface area (Å²) < 4.78 is 80.3. The number of rotatable bonds is 11. The summed E-state index contributed by atoms with van der Waals surface area (Å²) in [6, 6.07) is 15.9. The Labute approximate surface area is 301 Å². The lowest BCUT2D eigenvalue weighted by Crippen LogP contribution is -2.48. The Hall–Kier alpha value is -3.89. The van der Waals surface area contributed by atoms with Gasteiger partial charge in [0.05, 0.1) is 54.4 Å². The highest BCUT2D eigenvalue weighted by Crippen LogP contribution is 2.30. The van der Waals surface area contributed by atoms with Gasteiger partial charge >= 0.3 is 0 Å². The molecule has 0 radical (unpaired) electrons. The summed E-state index contributed by atoms with van der Waals surface area (Å²) in [7, 11) is -3.43. The minimum absolute atomic E-state index is 0.00829. The first-order chi connectivity index (χ1) is 24.2. The monoisotopic (exact) mass is 747 g/mol. The van der Waals surface area contributed by atoms with Crippen molar-refractivity contribution in [2.24, 2.45) is 5.92 Å². The fourth-order valence-corrected chi connectivity index (χ4v) is 7.93. The summed E-state index contributed by atoms with van der Waals surface area (Å²) >= 11 is 0. The summed E-state index contributed by atoms with van der Waals surface area (Å²) in [6.07, 6.45) is 1.19. The molecular weight excluding hydrogens is 699 g/mol. The van der Waals surface area contributed by atoms with E-state index in [4.69, 9.17) is 18.9 Å². The maximum Gasteiger partial charge on any atom is 0.261 e. The number of sulfonamides is 2. The largest absolute Gasteiger partial charge is 0.497 e. The van der Waals surface area contributed by atoms with E-state index in [1.165, 1.54) is 79.0 Å². The van der Waals surface area contributed by atoms with Crippen LogP contribution in [0.2, 0.25) is 0 Å². The number of hydrogen-bond acceptors (Lipinski definition) is 10. The van der Waals surface area contributed by atoms with E-state index in [9.17, 15) is 26.7 Å². The standard InChI is InChI=1S/C36H49N3O10S2/c1-25-22-39(26(2)24-40)36(41)33-21-28(37-50(42,43)31-15-11-29(46-5)12-16-31)10-19-34(33)49-27(3)9-7-8-20-48-35(25)23-38(4)51(44,45)32-17-13-30(47-6)14-18-32/h10-19,21,25-27,35,37,40H,7-9,20,22-24H2,1-6H3/t25-,26+,27+,35+/m0/s1. The van der Waals surface area contributed by atoms with Gasteiger partial charge < -0.3 is 29.0 Å². The molecular formula is C36H49N3O10S2. The molecule has 280 valence electrons. The number of benzene rings is 3. The van der Waals surface area contributed by atoms with Gasteiger partial charge in [0.15, 0.2) is 0 Å². The molecule has 4 rings (SSSR count). The molecule has 2 N–H and O–H groups in total. The average molecular weight is 748 g/mol. The molecule has 51 heavy (non-hydrogen) atoms. The maximum absolute atomic E-state index is 14.4. The molecule has 0 unspecified atom stereocenters. The molecule has 0 saturated carbocycles. The van der Waals surface area contributed by atoms with Gasteiger partial charge in [0.25, 0.3) is 15.9 Å². The number of nitrogens with zero attached hydrogens (tertiary/aromatic N) is 2. The number of likely N-dealkylation sites (N-methyl/N-ethyl adjacent to an activating group) is 1. The van der Waals surface area contributed by atoms with Crippen LogP contribution in [0, 0.1) is 5.92 Å². The second-order valence-corrected chi connectivity index (χ2v) is 16.5. The average Bonchev–Trinajstić information content (AvgIpc) is 3.12. The summed E-state index contributed by atoms with van der Waals surface area (Å²) in [6.45, 7) is 5.58. The fraction of sp³-hybridized carbons (Fsp3) is 0.472. The predicted octanol–water partition coefficient (Wildman–Crippen LogP) is 4.62. The molecule has 3 aromatic carbocycles. The van der Waals surface area contributed by atoms with Crippen LogP contribution in [-0.4, -0.2) is 103 Å². The molecule has 1 amide bonds. The van der Waals surface area contributed by atoms with Gasteiger partial charge in [-0.2, -0.15) is 4.31 Å². The van der Waals surface area contributed by atoms with Crippen LogP contribution in [0.5, 0.6) is 17.2 Å². The van der Waals surface area contributed by atoms with Crippen LogP contribution >= 0.6 is 0 Å². The normalized spacial score (nSPS) is 20.1. The topological polar surface area (TPSA) is 161 Å². The van der Waals surface area contributed by atoms with Crippen molar-refractivity contribution in [2.75, 3.05) is 52.3 Å². The minimum atomic E-state index is -4.03. The van der Waals surface area contributed by atoms with Gasteiger partial charge in [-0.25, -0.2) is 16.8 Å². The molecule has 3 aromatic rings. The highest BCUT2D eigenvalue weighted by molar-refractivity contribution is 7.92. The second-order valence-electron chi connectivity index (χ2n) is 12.8. The quantitative estimate of drug-likeness (QED) is 0.283. The number of ether oxygens (including phenoxy) is 4. The van der Waals surface area contributed by atoms with Gasteiger partial charge in [-0.3, -0.25) is 9.52 Å². The van der Waals surface area contributed by atoms with Crippen molar-refractivity contribution < 1.29 is 45.7 Å². The number of aliphatic hydroxyl groups excluding tert-OH is 1. The van der Waals surface area contributed by atoms with Gasteiger partial charge in [-0.05, 0) is 99.8 Å². The zero-order valence-corrected chi connectivity index (χ0v) is 31.6. The van der Waals surface area contributed by atoms with Crippen molar-refractivity contribution in [2.45, 2.75) is 68.1 Å². The smallest absolute Gasteiger partial charge is 0.261 e. The number of carbonyl (C=O) groups excluding carboxylic acids is 1. The molecule has 0 fully saturated rings. The zero-order chi connectivity index (χ0) is 37.3. The Balaban J connectivity index is 1.66. The van der Waals surface area contributed by atoms with Crippen LogP contribution in [0.3, 0.4) is 0 Å². The molecule has 13 nitrogen and oxygen atoms in total. The fourth-order valence-electron chi connectivity index (χ4n) is 5.70. The van der Waals surface area contributed by atoms with E-state index in [2.05, 4.69) is 4.72 Å². The number of aliphatic hydroxyl groups is 1. The van der Waals surface area contributed by atoms with Crippen LogP contribution < -0.4 is 18.9 Å². The number of methoxy groups -OCH3 is 2. The molecule has 1 aliphatic heterocycles. The third kappa shape index (κ3) is 10.1. The molecule has 0 aromatic heterocycles. The van der Waals surface area contributed by atoms with Gasteiger partial charge in [0.1, 0.15) is 17.2 Å². The predicted molar refractivity (Wildman–Crippen MR) is 193 cm³/mol. The van der Waals surface area contributed by atoms with E-state index in [-0.39, 0.29) is 58.5 Å². The van der Waals surface area contributed by atoms with E-state index in [1.807, 2.05) is 13.8 Å². The van der Waals surface area contributed by atoms with Crippen molar-refractivity contribution in [3.8, 4) is 17.2 Å². The van der Waals surface area contributed by atoms with Crippen LogP contribution in [-0.2, 0) is 24.8 Å².